The maximum atomic E-state index is 12.5. The molecule has 0 atom stereocenters. The van der Waals surface area contributed by atoms with Crippen LogP contribution in [0.15, 0.2) is 45.8 Å². The predicted octanol–water partition coefficient (Wildman–Crippen LogP) is -0.962. The smallest absolute Gasteiger partial charge is 0.545 e. The Morgan fingerprint density at radius 2 is 1.45 bits per heavy atom. The summed E-state index contributed by atoms with van der Waals surface area (Å²) in [5.41, 5.74) is 0.884. The molecule has 0 radical (unpaired) electrons. The molecule has 0 aliphatic rings. The normalized spacial score (nSPS) is 11.0. The average molecular weight is 635 g/mol. The van der Waals surface area contributed by atoms with E-state index in [0.29, 0.717) is 24.0 Å². The molecule has 0 aromatic carbocycles. The fraction of sp³-hybridized carbons (Fsp3) is 0.231. The van der Waals surface area contributed by atoms with Gasteiger partial charge in [-0.15, -0.1) is 34.0 Å². The number of anilines is 2. The Morgan fingerprint density at radius 3 is 1.95 bits per heavy atom. The molecule has 3 aromatic rings. The van der Waals surface area contributed by atoms with Crippen LogP contribution in [0, 0.1) is 0 Å². The second-order valence-corrected chi connectivity index (χ2v) is 11.5. The summed E-state index contributed by atoms with van der Waals surface area (Å²) in [6.45, 7) is 3.66. The molecule has 0 saturated heterocycles. The van der Waals surface area contributed by atoms with Gasteiger partial charge in [-0.3, -0.25) is 9.59 Å². The zero-order chi connectivity index (χ0) is 27.7. The van der Waals surface area contributed by atoms with Gasteiger partial charge in [0.25, 0.3) is 0 Å². The average Bonchev–Trinajstić information content (AvgIpc) is 3.62. The van der Waals surface area contributed by atoms with Gasteiger partial charge in [0.05, 0.1) is 11.9 Å². The van der Waals surface area contributed by atoms with Gasteiger partial charge < -0.3 is 30.4 Å². The van der Waals surface area contributed by atoms with Crippen molar-refractivity contribution in [1.82, 2.24) is 0 Å². The molecule has 0 aliphatic heterocycles. The SMILES string of the molecule is C/C=C\S/C(=C\C)c1csc(NC(=O)CCCCC(=O)Nc2scc(-c3cccs3)c2C(=O)[O-])c1C(=O)[O-].[Na+].[Na+]. The quantitative estimate of drug-likeness (QED) is 0.183. The van der Waals surface area contributed by atoms with Crippen molar-refractivity contribution in [2.45, 2.75) is 39.5 Å². The van der Waals surface area contributed by atoms with Crippen molar-refractivity contribution in [2.75, 3.05) is 10.6 Å². The molecule has 40 heavy (non-hydrogen) atoms. The molecule has 0 spiro atoms. The van der Waals surface area contributed by atoms with Crippen LogP contribution in [0.4, 0.5) is 10.0 Å². The van der Waals surface area contributed by atoms with E-state index < -0.39 is 11.9 Å². The van der Waals surface area contributed by atoms with E-state index in [-0.39, 0.29) is 105 Å². The number of amides is 2. The van der Waals surface area contributed by atoms with Gasteiger partial charge in [-0.05, 0) is 43.5 Å². The molecule has 0 bridgehead atoms. The van der Waals surface area contributed by atoms with Gasteiger partial charge in [-0.2, -0.15) is 0 Å². The maximum Gasteiger partial charge on any atom is 1.00 e. The Balaban J connectivity index is 0.00000400. The van der Waals surface area contributed by atoms with Gasteiger partial charge in [0.2, 0.25) is 11.8 Å². The number of carboxylic acids is 2. The number of hydrogen-bond donors (Lipinski definition) is 2. The van der Waals surface area contributed by atoms with Crippen molar-refractivity contribution in [3.05, 3.63) is 62.5 Å². The molecular formula is C26H24N2Na2O6S4. The molecule has 0 fully saturated rings. The molecule has 200 valence electrons. The van der Waals surface area contributed by atoms with Crippen LogP contribution in [-0.2, 0) is 9.59 Å². The van der Waals surface area contributed by atoms with Crippen molar-refractivity contribution in [3.63, 3.8) is 0 Å². The number of unbranched alkanes of at least 4 members (excludes halogenated alkanes) is 1. The monoisotopic (exact) mass is 634 g/mol. The number of thioether (sulfide) groups is 1. The number of allylic oxidation sites excluding steroid dienone is 2. The van der Waals surface area contributed by atoms with Crippen molar-refractivity contribution in [1.29, 1.82) is 0 Å². The zero-order valence-corrected chi connectivity index (χ0v) is 29.8. The summed E-state index contributed by atoms with van der Waals surface area (Å²) >= 11 is 5.00. The Kier molecular flexibility index (Phi) is 16.9. The minimum absolute atomic E-state index is 0. The number of nitrogens with one attached hydrogen (secondary N) is 2. The molecule has 3 heterocycles. The first-order chi connectivity index (χ1) is 18.3. The summed E-state index contributed by atoms with van der Waals surface area (Å²) in [5.74, 6) is -3.48. The van der Waals surface area contributed by atoms with E-state index in [1.807, 2.05) is 29.9 Å². The molecule has 0 aliphatic carbocycles. The van der Waals surface area contributed by atoms with Crippen LogP contribution in [0.2, 0.25) is 0 Å². The Morgan fingerprint density at radius 1 is 0.875 bits per heavy atom. The second-order valence-electron chi connectivity index (χ2n) is 7.80. The number of carboxylic acid groups (broad SMARTS) is 2. The van der Waals surface area contributed by atoms with Crippen molar-refractivity contribution >= 4 is 84.4 Å². The van der Waals surface area contributed by atoms with Crippen LogP contribution in [-0.4, -0.2) is 23.8 Å². The molecule has 14 heteroatoms. The van der Waals surface area contributed by atoms with Gasteiger partial charge in [0.1, 0.15) is 10.0 Å². The summed E-state index contributed by atoms with van der Waals surface area (Å²) in [6.07, 6.45) is 4.58. The molecule has 2 amide bonds. The third-order valence-corrected chi connectivity index (χ3v) is 9.01. The standard InChI is InChI=1S/C26H26N2O6S4.2Na/c1-3-11-35-17(4-2)15-13-37-23(21(15)25(31)32)27-19(29)9-5-6-10-20(30)28-24-22(26(33)34)16(14-38-24)18-8-7-12-36-18;;/h3-4,7-8,11-14H,5-6,9-10H2,1-2H3,(H,27,29)(H,28,30)(H,31,32)(H,33,34);;/q;2*+1/p-2/b11-3-,17-4-;;. The van der Waals surface area contributed by atoms with Gasteiger partial charge in [0.15, 0.2) is 0 Å². The van der Waals surface area contributed by atoms with E-state index in [0.717, 1.165) is 32.5 Å². The van der Waals surface area contributed by atoms with Crippen LogP contribution in [0.3, 0.4) is 0 Å². The molecule has 3 aromatic heterocycles. The third kappa shape index (κ3) is 9.97. The van der Waals surface area contributed by atoms with E-state index in [9.17, 15) is 29.4 Å². The van der Waals surface area contributed by atoms with Crippen molar-refractivity contribution < 1.29 is 88.5 Å². The number of carbonyl (C=O) groups excluding carboxylic acids is 4. The summed E-state index contributed by atoms with van der Waals surface area (Å²) in [7, 11) is 0. The van der Waals surface area contributed by atoms with Crippen molar-refractivity contribution in [2.24, 2.45) is 0 Å². The molecule has 0 saturated carbocycles. The minimum Gasteiger partial charge on any atom is -0.545 e. The van der Waals surface area contributed by atoms with Crippen LogP contribution >= 0.6 is 45.8 Å². The third-order valence-electron chi connectivity index (χ3n) is 5.20. The minimum atomic E-state index is -1.37. The van der Waals surface area contributed by atoms with Crippen LogP contribution in [0.25, 0.3) is 15.3 Å². The second kappa shape index (κ2) is 18.4. The molecule has 0 unspecified atom stereocenters. The zero-order valence-electron chi connectivity index (χ0n) is 22.5. The Bertz CT molecular complexity index is 1380. The van der Waals surface area contributed by atoms with Crippen LogP contribution < -0.4 is 80.0 Å². The largest absolute Gasteiger partial charge is 1.00 e. The first kappa shape index (κ1) is 36.8. The number of hydrogen-bond acceptors (Lipinski definition) is 10. The molecule has 3 rings (SSSR count). The summed E-state index contributed by atoms with van der Waals surface area (Å²) in [5, 5.41) is 36.2. The molecule has 2 N–H and O–H groups in total. The summed E-state index contributed by atoms with van der Waals surface area (Å²) < 4.78 is 0. The fourth-order valence-corrected chi connectivity index (χ4v) is 7.01. The predicted molar refractivity (Wildman–Crippen MR) is 152 cm³/mol. The molecule has 8 nitrogen and oxygen atoms in total. The summed E-state index contributed by atoms with van der Waals surface area (Å²) in [4.78, 5) is 49.9. The van der Waals surface area contributed by atoms with E-state index in [2.05, 4.69) is 10.6 Å². The van der Waals surface area contributed by atoms with E-state index in [4.69, 9.17) is 0 Å². The number of aromatic carboxylic acids is 2. The Hall–Kier alpha value is -1.19. The van der Waals surface area contributed by atoms with Crippen LogP contribution in [0.1, 0.15) is 65.8 Å². The summed E-state index contributed by atoms with van der Waals surface area (Å²) in [6, 6.07) is 3.61. The number of thiophene rings is 3. The number of carbonyl (C=O) groups is 4. The fourth-order valence-electron chi connectivity index (χ4n) is 3.48. The van der Waals surface area contributed by atoms with E-state index in [1.165, 1.54) is 23.1 Å². The van der Waals surface area contributed by atoms with Gasteiger partial charge >= 0.3 is 59.1 Å². The van der Waals surface area contributed by atoms with Crippen molar-refractivity contribution in [3.8, 4) is 10.4 Å². The topological polar surface area (TPSA) is 138 Å². The first-order valence-electron chi connectivity index (χ1n) is 11.5. The Labute approximate surface area is 292 Å². The van der Waals surface area contributed by atoms with E-state index in [1.54, 1.807) is 29.8 Å². The maximum absolute atomic E-state index is 12.5. The van der Waals surface area contributed by atoms with E-state index >= 15 is 0 Å². The van der Waals surface area contributed by atoms with Gasteiger partial charge in [-0.25, -0.2) is 0 Å². The van der Waals surface area contributed by atoms with Crippen LogP contribution in [0.5, 0.6) is 0 Å². The van der Waals surface area contributed by atoms with Gasteiger partial charge in [-0.1, -0.05) is 30.0 Å². The molecular weight excluding hydrogens is 611 g/mol. The van der Waals surface area contributed by atoms with Gasteiger partial charge in [0, 0.05) is 55.6 Å². The first-order valence-corrected chi connectivity index (χ1v) is 15.0. The number of rotatable bonds is 13.